The normalized spacial score (nSPS) is 10.5. The van der Waals surface area contributed by atoms with E-state index in [-0.39, 0.29) is 5.70 Å². The molecule has 1 rings (SSSR count). The summed E-state index contributed by atoms with van der Waals surface area (Å²) in [5.41, 5.74) is 10.1. The molecule has 0 aliphatic heterocycles. The van der Waals surface area contributed by atoms with E-state index >= 15 is 0 Å². The maximum atomic E-state index is 11.2. The Hall–Kier alpha value is -2.26. The van der Waals surface area contributed by atoms with Crippen LogP contribution >= 0.6 is 0 Å². The van der Waals surface area contributed by atoms with Crippen molar-refractivity contribution >= 4 is 12.0 Å². The number of aryl methyl sites for hydroxylation is 1. The number of benzene rings is 1. The molecule has 0 aromatic heterocycles. The number of methoxy groups -OCH3 is 1. The second kappa shape index (κ2) is 5.58. The van der Waals surface area contributed by atoms with Gasteiger partial charge in [-0.25, -0.2) is 4.79 Å². The number of esters is 1. The van der Waals surface area contributed by atoms with Crippen molar-refractivity contribution in [1.82, 2.24) is 0 Å². The van der Waals surface area contributed by atoms with Crippen molar-refractivity contribution in [3.63, 3.8) is 0 Å². The molecule has 0 fully saturated rings. The van der Waals surface area contributed by atoms with Crippen molar-refractivity contribution in [3.8, 4) is 0 Å². The second-order valence-electron chi connectivity index (χ2n) is 3.12. The minimum atomic E-state index is -0.654. The zero-order valence-corrected chi connectivity index (χ0v) is 9.04. The Morgan fingerprint density at radius 1 is 1.44 bits per heavy atom. The monoisotopic (exact) mass is 217 g/mol. The molecule has 0 bridgehead atoms. The van der Waals surface area contributed by atoms with Crippen molar-refractivity contribution in [2.24, 2.45) is 5.11 Å². The Balaban J connectivity index is 3.06. The molecule has 0 atom stereocenters. The molecule has 0 radical (unpaired) electrons. The van der Waals surface area contributed by atoms with Crippen molar-refractivity contribution in [2.75, 3.05) is 7.11 Å². The van der Waals surface area contributed by atoms with E-state index in [2.05, 4.69) is 14.8 Å². The molecule has 0 aliphatic carbocycles. The quantitative estimate of drug-likeness (QED) is 0.256. The number of hydrogen-bond acceptors (Lipinski definition) is 3. The molecule has 82 valence electrons. The van der Waals surface area contributed by atoms with Gasteiger partial charge >= 0.3 is 5.97 Å². The zero-order chi connectivity index (χ0) is 12.0. The first kappa shape index (κ1) is 11.8. The van der Waals surface area contributed by atoms with Gasteiger partial charge in [-0.15, -0.1) is 0 Å². The lowest BCUT2D eigenvalue weighted by molar-refractivity contribution is -0.136. The topological polar surface area (TPSA) is 75.1 Å². The van der Waals surface area contributed by atoms with Gasteiger partial charge in [0, 0.05) is 4.91 Å². The van der Waals surface area contributed by atoms with E-state index in [1.165, 1.54) is 13.2 Å². The van der Waals surface area contributed by atoms with Gasteiger partial charge in [0.05, 0.1) is 7.11 Å². The third kappa shape index (κ3) is 3.15. The first-order valence-electron chi connectivity index (χ1n) is 4.59. The predicted octanol–water partition coefficient (Wildman–Crippen LogP) is 2.82. The highest BCUT2D eigenvalue weighted by Crippen LogP contribution is 2.10. The second-order valence-corrected chi connectivity index (χ2v) is 3.12. The molecular formula is C11H11N3O2. The van der Waals surface area contributed by atoms with Crippen LogP contribution in [0.2, 0.25) is 0 Å². The van der Waals surface area contributed by atoms with Crippen molar-refractivity contribution in [1.29, 1.82) is 0 Å². The Morgan fingerprint density at radius 3 is 2.56 bits per heavy atom. The highest BCUT2D eigenvalue weighted by molar-refractivity contribution is 5.93. The highest BCUT2D eigenvalue weighted by atomic mass is 16.5. The number of azide groups is 1. The number of hydrogen-bond donors (Lipinski definition) is 0. The summed E-state index contributed by atoms with van der Waals surface area (Å²) < 4.78 is 4.49. The molecule has 16 heavy (non-hydrogen) atoms. The fourth-order valence-electron chi connectivity index (χ4n) is 1.10. The van der Waals surface area contributed by atoms with E-state index in [0.29, 0.717) is 0 Å². The summed E-state index contributed by atoms with van der Waals surface area (Å²) in [5.74, 6) is -0.654. The van der Waals surface area contributed by atoms with Crippen LogP contribution in [0.1, 0.15) is 11.1 Å². The van der Waals surface area contributed by atoms with Crippen LogP contribution in [0.15, 0.2) is 35.1 Å². The molecule has 0 spiro atoms. The van der Waals surface area contributed by atoms with Gasteiger partial charge in [-0.05, 0) is 24.1 Å². The molecule has 5 heteroatoms. The van der Waals surface area contributed by atoms with Gasteiger partial charge in [0.1, 0.15) is 5.70 Å². The first-order valence-corrected chi connectivity index (χ1v) is 4.59. The lowest BCUT2D eigenvalue weighted by atomic mass is 10.1. The lowest BCUT2D eigenvalue weighted by Gasteiger charge is -1.99. The van der Waals surface area contributed by atoms with Gasteiger partial charge in [0.25, 0.3) is 0 Å². The van der Waals surface area contributed by atoms with Gasteiger partial charge in [0.15, 0.2) is 0 Å². The molecule has 0 unspecified atom stereocenters. The van der Waals surface area contributed by atoms with Crippen LogP contribution in [0.3, 0.4) is 0 Å². The van der Waals surface area contributed by atoms with Crippen LogP contribution < -0.4 is 0 Å². The Bertz CT molecular complexity index is 457. The van der Waals surface area contributed by atoms with Crippen LogP contribution in [0.4, 0.5) is 0 Å². The maximum Gasteiger partial charge on any atom is 0.340 e. The molecule has 5 nitrogen and oxygen atoms in total. The number of carbonyl (C=O) groups is 1. The molecule has 0 amide bonds. The van der Waals surface area contributed by atoms with E-state index in [0.717, 1.165) is 11.1 Å². The predicted molar refractivity (Wildman–Crippen MR) is 60.3 cm³/mol. The van der Waals surface area contributed by atoms with E-state index in [9.17, 15) is 4.79 Å². The smallest absolute Gasteiger partial charge is 0.340 e. The largest absolute Gasteiger partial charge is 0.466 e. The third-order valence-electron chi connectivity index (χ3n) is 1.93. The molecule has 0 aliphatic rings. The van der Waals surface area contributed by atoms with Gasteiger partial charge in [-0.2, -0.15) is 0 Å². The number of carbonyl (C=O) groups excluding carboxylic acids is 1. The number of rotatable bonds is 3. The average Bonchev–Trinajstić information content (AvgIpc) is 2.30. The molecule has 1 aromatic carbocycles. The fraction of sp³-hybridized carbons (Fsp3) is 0.182. The number of nitrogens with zero attached hydrogens (tertiary/aromatic N) is 3. The van der Waals surface area contributed by atoms with Crippen LogP contribution in [0.5, 0.6) is 0 Å². The Morgan fingerprint density at radius 2 is 2.06 bits per heavy atom. The van der Waals surface area contributed by atoms with Crippen molar-refractivity contribution in [3.05, 3.63) is 51.5 Å². The SMILES string of the molecule is COC(=O)/C(=C/c1ccc(C)cc1)N=[N+]=[N-]. The molecular weight excluding hydrogens is 206 g/mol. The third-order valence-corrected chi connectivity index (χ3v) is 1.93. The zero-order valence-electron chi connectivity index (χ0n) is 9.04. The van der Waals surface area contributed by atoms with Crippen LogP contribution in [-0.2, 0) is 9.53 Å². The standard InChI is InChI=1S/C11H11N3O2/c1-8-3-5-9(6-4-8)7-10(13-14-12)11(15)16-2/h3-7H,1-2H3/b10-7-. The van der Waals surface area contributed by atoms with Crippen molar-refractivity contribution < 1.29 is 9.53 Å². The summed E-state index contributed by atoms with van der Waals surface area (Å²) in [7, 11) is 1.23. The lowest BCUT2D eigenvalue weighted by Crippen LogP contribution is -2.01. The molecule has 0 saturated carbocycles. The Kier molecular flexibility index (Phi) is 4.12. The van der Waals surface area contributed by atoms with E-state index in [4.69, 9.17) is 5.53 Å². The Labute approximate surface area is 93.0 Å². The summed E-state index contributed by atoms with van der Waals surface area (Å²) in [6.45, 7) is 1.96. The van der Waals surface area contributed by atoms with E-state index < -0.39 is 5.97 Å². The van der Waals surface area contributed by atoms with E-state index in [1.54, 1.807) is 0 Å². The van der Waals surface area contributed by atoms with Crippen LogP contribution in [-0.4, -0.2) is 13.1 Å². The fourth-order valence-corrected chi connectivity index (χ4v) is 1.10. The molecule has 0 N–H and O–H groups in total. The van der Waals surface area contributed by atoms with Crippen LogP contribution in [0.25, 0.3) is 16.5 Å². The minimum Gasteiger partial charge on any atom is -0.466 e. The molecule has 0 heterocycles. The average molecular weight is 217 g/mol. The van der Waals surface area contributed by atoms with E-state index in [1.807, 2.05) is 31.2 Å². The number of ether oxygens (including phenoxy) is 1. The van der Waals surface area contributed by atoms with Gasteiger partial charge in [-0.1, -0.05) is 34.9 Å². The summed E-state index contributed by atoms with van der Waals surface area (Å²) in [5, 5.41) is 3.28. The molecule has 0 saturated heterocycles. The van der Waals surface area contributed by atoms with Crippen LogP contribution in [0, 0.1) is 6.92 Å². The van der Waals surface area contributed by atoms with Gasteiger partial charge in [0.2, 0.25) is 0 Å². The first-order chi connectivity index (χ1) is 7.67. The summed E-state index contributed by atoms with van der Waals surface area (Å²) in [4.78, 5) is 13.8. The summed E-state index contributed by atoms with van der Waals surface area (Å²) in [6, 6.07) is 7.45. The van der Waals surface area contributed by atoms with Gasteiger partial charge in [-0.3, -0.25) is 0 Å². The maximum absolute atomic E-state index is 11.2. The summed E-state index contributed by atoms with van der Waals surface area (Å²) >= 11 is 0. The minimum absolute atomic E-state index is 0.0612. The molecule has 1 aromatic rings. The summed E-state index contributed by atoms with van der Waals surface area (Å²) in [6.07, 6.45) is 1.48. The van der Waals surface area contributed by atoms with Gasteiger partial charge < -0.3 is 4.74 Å². The highest BCUT2D eigenvalue weighted by Gasteiger charge is 2.06. The van der Waals surface area contributed by atoms with Crippen molar-refractivity contribution in [2.45, 2.75) is 6.92 Å².